The highest BCUT2D eigenvalue weighted by molar-refractivity contribution is 5.05. The molecule has 1 heterocycles. The Morgan fingerprint density at radius 2 is 2.42 bits per heavy atom. The molecular formula is C8H9N3O. The molecule has 0 aliphatic rings. The number of nitrogens with zero attached hydrogens (tertiary/aromatic N) is 3. The second kappa shape index (κ2) is 3.67. The van der Waals surface area contributed by atoms with Crippen LogP contribution in [0.5, 0.6) is 0 Å². The molecule has 0 aromatic carbocycles. The third kappa shape index (κ3) is 1.70. The van der Waals surface area contributed by atoms with Crippen molar-refractivity contribution in [3.05, 3.63) is 28.2 Å². The van der Waals surface area contributed by atoms with Crippen molar-refractivity contribution in [1.82, 2.24) is 9.78 Å². The van der Waals surface area contributed by atoms with E-state index in [0.717, 1.165) is 0 Å². The molecule has 0 fully saturated rings. The van der Waals surface area contributed by atoms with Gasteiger partial charge in [-0.15, -0.1) is 0 Å². The van der Waals surface area contributed by atoms with Gasteiger partial charge in [0.2, 0.25) is 0 Å². The lowest BCUT2D eigenvalue weighted by Crippen LogP contribution is -2.21. The molecule has 0 amide bonds. The summed E-state index contributed by atoms with van der Waals surface area (Å²) in [6.07, 6.45) is 0.250. The molecule has 0 saturated heterocycles. The van der Waals surface area contributed by atoms with E-state index in [-0.39, 0.29) is 12.0 Å². The van der Waals surface area contributed by atoms with E-state index in [9.17, 15) is 4.79 Å². The third-order valence-corrected chi connectivity index (χ3v) is 1.48. The molecule has 0 saturated carbocycles. The van der Waals surface area contributed by atoms with Gasteiger partial charge in [0, 0.05) is 12.6 Å². The van der Waals surface area contributed by atoms with Crippen LogP contribution in [0.4, 0.5) is 0 Å². The Balaban J connectivity index is 3.07. The zero-order valence-electron chi connectivity index (χ0n) is 6.82. The van der Waals surface area contributed by atoms with Gasteiger partial charge >= 0.3 is 0 Å². The lowest BCUT2D eigenvalue weighted by Gasteiger charge is -2.00. The predicted octanol–water partition coefficient (Wildman–Crippen LogP) is 0.329. The van der Waals surface area contributed by atoms with Gasteiger partial charge in [-0.25, -0.2) is 4.68 Å². The molecule has 4 nitrogen and oxygen atoms in total. The number of hydrogen-bond acceptors (Lipinski definition) is 3. The maximum absolute atomic E-state index is 11.0. The Kier molecular flexibility index (Phi) is 2.59. The van der Waals surface area contributed by atoms with Crippen molar-refractivity contribution in [2.75, 3.05) is 0 Å². The Labute approximate surface area is 70.1 Å². The molecule has 12 heavy (non-hydrogen) atoms. The van der Waals surface area contributed by atoms with Crippen LogP contribution < -0.4 is 5.56 Å². The standard InChI is InChI=1S/C8H9N3O/c1-2-11-8(12)4-3-7(10-11)5-6-9/h3-4H,2,5H2,1H3. The maximum atomic E-state index is 11.0. The zero-order chi connectivity index (χ0) is 8.97. The monoisotopic (exact) mass is 163 g/mol. The molecule has 1 rings (SSSR count). The molecular weight excluding hydrogens is 154 g/mol. The lowest BCUT2D eigenvalue weighted by molar-refractivity contribution is 0.602. The highest BCUT2D eigenvalue weighted by Crippen LogP contribution is 1.90. The predicted molar refractivity (Wildman–Crippen MR) is 43.5 cm³/mol. The van der Waals surface area contributed by atoms with Crippen molar-refractivity contribution in [3.8, 4) is 6.07 Å². The zero-order valence-corrected chi connectivity index (χ0v) is 6.82. The third-order valence-electron chi connectivity index (χ3n) is 1.48. The summed E-state index contributed by atoms with van der Waals surface area (Å²) in [4.78, 5) is 11.0. The first-order valence-electron chi connectivity index (χ1n) is 3.72. The maximum Gasteiger partial charge on any atom is 0.266 e. The van der Waals surface area contributed by atoms with E-state index in [1.807, 2.05) is 13.0 Å². The minimum absolute atomic E-state index is 0.126. The van der Waals surface area contributed by atoms with E-state index in [1.54, 1.807) is 6.07 Å². The molecule has 0 spiro atoms. The van der Waals surface area contributed by atoms with Gasteiger partial charge < -0.3 is 0 Å². The molecule has 0 unspecified atom stereocenters. The lowest BCUT2D eigenvalue weighted by atomic mass is 10.3. The summed E-state index contributed by atoms with van der Waals surface area (Å²) in [5.74, 6) is 0. The second-order valence-electron chi connectivity index (χ2n) is 2.31. The van der Waals surface area contributed by atoms with Gasteiger partial charge in [0.15, 0.2) is 0 Å². The van der Waals surface area contributed by atoms with Crippen molar-refractivity contribution in [2.45, 2.75) is 19.9 Å². The van der Waals surface area contributed by atoms with Gasteiger partial charge in [0.05, 0.1) is 18.2 Å². The number of hydrogen-bond donors (Lipinski definition) is 0. The number of aromatic nitrogens is 2. The molecule has 0 N–H and O–H groups in total. The van der Waals surface area contributed by atoms with Gasteiger partial charge in [-0.3, -0.25) is 4.79 Å². The summed E-state index contributed by atoms with van der Waals surface area (Å²) < 4.78 is 1.34. The Morgan fingerprint density at radius 3 is 3.00 bits per heavy atom. The fraction of sp³-hybridized carbons (Fsp3) is 0.375. The summed E-state index contributed by atoms with van der Waals surface area (Å²) in [6.45, 7) is 2.38. The van der Waals surface area contributed by atoms with E-state index in [4.69, 9.17) is 5.26 Å². The summed E-state index contributed by atoms with van der Waals surface area (Å²) in [7, 11) is 0. The van der Waals surface area contributed by atoms with Crippen LogP contribution in [0.3, 0.4) is 0 Å². The van der Waals surface area contributed by atoms with Gasteiger partial charge in [0.25, 0.3) is 5.56 Å². The van der Waals surface area contributed by atoms with Crippen LogP contribution in [0.25, 0.3) is 0 Å². The second-order valence-corrected chi connectivity index (χ2v) is 2.31. The highest BCUT2D eigenvalue weighted by Gasteiger charge is 1.96. The van der Waals surface area contributed by atoms with Crippen LogP contribution in [0.15, 0.2) is 16.9 Å². The van der Waals surface area contributed by atoms with Crippen LogP contribution in [0.1, 0.15) is 12.6 Å². The largest absolute Gasteiger partial charge is 0.268 e. The Bertz CT molecular complexity index is 361. The van der Waals surface area contributed by atoms with E-state index in [1.165, 1.54) is 10.7 Å². The fourth-order valence-electron chi connectivity index (χ4n) is 0.893. The molecule has 0 atom stereocenters. The van der Waals surface area contributed by atoms with Crippen LogP contribution in [-0.4, -0.2) is 9.78 Å². The van der Waals surface area contributed by atoms with Crippen LogP contribution in [0.2, 0.25) is 0 Å². The van der Waals surface area contributed by atoms with Crippen molar-refractivity contribution >= 4 is 0 Å². The molecule has 62 valence electrons. The Hall–Kier alpha value is -1.63. The minimum Gasteiger partial charge on any atom is -0.268 e. The number of rotatable bonds is 2. The summed E-state index contributed by atoms with van der Waals surface area (Å²) in [5, 5.41) is 12.3. The Morgan fingerprint density at radius 1 is 1.67 bits per heavy atom. The molecule has 0 aliphatic heterocycles. The van der Waals surface area contributed by atoms with Crippen molar-refractivity contribution in [3.63, 3.8) is 0 Å². The smallest absolute Gasteiger partial charge is 0.266 e. The van der Waals surface area contributed by atoms with Crippen LogP contribution >= 0.6 is 0 Å². The van der Waals surface area contributed by atoms with E-state index in [2.05, 4.69) is 5.10 Å². The summed E-state index contributed by atoms with van der Waals surface area (Å²) in [6, 6.07) is 4.99. The van der Waals surface area contributed by atoms with E-state index >= 15 is 0 Å². The van der Waals surface area contributed by atoms with Gasteiger partial charge in [0.1, 0.15) is 0 Å². The number of nitriles is 1. The molecule has 0 bridgehead atoms. The molecule has 0 aliphatic carbocycles. The first-order valence-corrected chi connectivity index (χ1v) is 3.72. The van der Waals surface area contributed by atoms with Gasteiger partial charge in [-0.05, 0) is 13.0 Å². The average molecular weight is 163 g/mol. The normalized spacial score (nSPS) is 9.33. The molecule has 4 heteroatoms. The average Bonchev–Trinajstić information content (AvgIpc) is 2.09. The quantitative estimate of drug-likeness (QED) is 0.631. The van der Waals surface area contributed by atoms with Crippen molar-refractivity contribution in [1.29, 1.82) is 5.26 Å². The molecule has 1 aromatic rings. The SMILES string of the molecule is CCn1nc(CC#N)ccc1=O. The van der Waals surface area contributed by atoms with Gasteiger partial charge in [-0.2, -0.15) is 10.4 Å². The molecule has 0 radical (unpaired) electrons. The summed E-state index contributed by atoms with van der Waals surface area (Å²) in [5.41, 5.74) is 0.512. The van der Waals surface area contributed by atoms with Crippen LogP contribution in [0, 0.1) is 11.3 Å². The topological polar surface area (TPSA) is 58.7 Å². The first-order chi connectivity index (χ1) is 5.77. The first kappa shape index (κ1) is 8.47. The van der Waals surface area contributed by atoms with Crippen molar-refractivity contribution < 1.29 is 0 Å². The fourth-order valence-corrected chi connectivity index (χ4v) is 0.893. The van der Waals surface area contributed by atoms with Crippen molar-refractivity contribution in [2.24, 2.45) is 0 Å². The van der Waals surface area contributed by atoms with E-state index < -0.39 is 0 Å². The van der Waals surface area contributed by atoms with E-state index in [0.29, 0.717) is 12.2 Å². The number of aryl methyl sites for hydroxylation is 1. The van der Waals surface area contributed by atoms with Gasteiger partial charge in [-0.1, -0.05) is 0 Å². The molecule has 1 aromatic heterocycles. The summed E-state index contributed by atoms with van der Waals surface area (Å²) >= 11 is 0. The highest BCUT2D eigenvalue weighted by atomic mass is 16.1. The van der Waals surface area contributed by atoms with Crippen LogP contribution in [-0.2, 0) is 13.0 Å². The minimum atomic E-state index is -0.126.